The molecule has 0 spiro atoms. The van der Waals surface area contributed by atoms with Gasteiger partial charge in [-0.15, -0.1) is 0 Å². The molecular formula is C14H12Br2IN. The van der Waals surface area contributed by atoms with Gasteiger partial charge in [0, 0.05) is 19.1 Å². The smallest absolute Gasteiger partial charge is 0.0631 e. The number of hydrogen-bond donors (Lipinski definition) is 1. The fraction of sp³-hybridized carbons (Fsp3) is 0.143. The van der Waals surface area contributed by atoms with Gasteiger partial charge in [0.15, 0.2) is 0 Å². The second kappa shape index (κ2) is 6.39. The van der Waals surface area contributed by atoms with Crippen molar-refractivity contribution >= 4 is 60.1 Å². The van der Waals surface area contributed by atoms with Gasteiger partial charge in [0.05, 0.1) is 5.69 Å². The molecule has 0 radical (unpaired) electrons. The Bertz CT molecular complexity index is 529. The first kappa shape index (κ1) is 14.3. The lowest BCUT2D eigenvalue weighted by molar-refractivity contribution is 1.14. The minimum Gasteiger partial charge on any atom is -0.379 e. The van der Waals surface area contributed by atoms with Crippen LogP contribution in [-0.4, -0.2) is 0 Å². The van der Waals surface area contributed by atoms with Gasteiger partial charge < -0.3 is 5.32 Å². The summed E-state index contributed by atoms with van der Waals surface area (Å²) in [5, 5.41) is 3.45. The molecule has 2 aromatic carbocycles. The molecule has 0 fully saturated rings. The highest BCUT2D eigenvalue weighted by atomic mass is 127. The first-order valence-corrected chi connectivity index (χ1v) is 8.16. The molecule has 0 aliphatic rings. The fourth-order valence-electron chi connectivity index (χ4n) is 1.66. The molecule has 0 atom stereocenters. The van der Waals surface area contributed by atoms with Crippen LogP contribution in [0.5, 0.6) is 0 Å². The predicted octanol–water partition coefficient (Wildman–Crippen LogP) is 5.74. The molecule has 0 saturated carbocycles. The highest BCUT2D eigenvalue weighted by Gasteiger charge is 2.05. The molecule has 18 heavy (non-hydrogen) atoms. The molecule has 1 N–H and O–H groups in total. The summed E-state index contributed by atoms with van der Waals surface area (Å²) < 4.78 is 3.42. The molecule has 0 unspecified atom stereocenters. The summed E-state index contributed by atoms with van der Waals surface area (Å²) in [5.74, 6) is 0. The Morgan fingerprint density at radius 3 is 2.17 bits per heavy atom. The summed E-state index contributed by atoms with van der Waals surface area (Å²) in [4.78, 5) is 0. The van der Waals surface area contributed by atoms with Gasteiger partial charge in [0.25, 0.3) is 0 Å². The molecule has 0 heterocycles. The molecule has 0 saturated heterocycles. The van der Waals surface area contributed by atoms with E-state index < -0.39 is 0 Å². The van der Waals surface area contributed by atoms with Crippen molar-refractivity contribution in [2.24, 2.45) is 0 Å². The van der Waals surface area contributed by atoms with Crippen LogP contribution in [0.15, 0.2) is 45.3 Å². The lowest BCUT2D eigenvalue weighted by Crippen LogP contribution is -2.01. The molecule has 0 aliphatic heterocycles. The normalized spacial score (nSPS) is 10.4. The average Bonchev–Trinajstić information content (AvgIpc) is 2.30. The number of anilines is 1. The number of benzene rings is 2. The van der Waals surface area contributed by atoms with Crippen LogP contribution < -0.4 is 5.32 Å². The lowest BCUT2D eigenvalue weighted by Gasteiger charge is -2.12. The van der Waals surface area contributed by atoms with Gasteiger partial charge in [0.1, 0.15) is 0 Å². The van der Waals surface area contributed by atoms with E-state index in [0.29, 0.717) is 0 Å². The first-order valence-electron chi connectivity index (χ1n) is 5.50. The van der Waals surface area contributed by atoms with E-state index in [9.17, 15) is 0 Å². The minimum absolute atomic E-state index is 0.817. The quantitative estimate of drug-likeness (QED) is 0.553. The largest absolute Gasteiger partial charge is 0.379 e. The van der Waals surface area contributed by atoms with E-state index in [1.807, 2.05) is 0 Å². The molecule has 0 aliphatic carbocycles. The van der Waals surface area contributed by atoms with Crippen molar-refractivity contribution < 1.29 is 0 Å². The van der Waals surface area contributed by atoms with E-state index in [0.717, 1.165) is 21.2 Å². The van der Waals surface area contributed by atoms with Gasteiger partial charge in [-0.25, -0.2) is 0 Å². The second-order valence-electron chi connectivity index (χ2n) is 4.08. The van der Waals surface area contributed by atoms with Crippen LogP contribution in [0.1, 0.15) is 11.1 Å². The number of hydrogen-bond acceptors (Lipinski definition) is 1. The van der Waals surface area contributed by atoms with Crippen molar-refractivity contribution in [1.29, 1.82) is 0 Å². The number of rotatable bonds is 3. The monoisotopic (exact) mass is 479 g/mol. The molecule has 0 aromatic heterocycles. The number of nitrogens with one attached hydrogen (secondary N) is 1. The van der Waals surface area contributed by atoms with Crippen molar-refractivity contribution in [3.8, 4) is 0 Å². The van der Waals surface area contributed by atoms with Crippen molar-refractivity contribution in [3.05, 3.63) is 60.0 Å². The molecular weight excluding hydrogens is 469 g/mol. The van der Waals surface area contributed by atoms with Crippen LogP contribution in [0.2, 0.25) is 0 Å². The van der Waals surface area contributed by atoms with Crippen LogP contribution in [0.4, 0.5) is 5.69 Å². The van der Waals surface area contributed by atoms with Gasteiger partial charge >= 0.3 is 0 Å². The molecule has 0 bridgehead atoms. The molecule has 1 nitrogen and oxygen atoms in total. The first-order chi connectivity index (χ1) is 8.56. The molecule has 94 valence electrons. The fourth-order valence-corrected chi connectivity index (χ4v) is 3.72. The van der Waals surface area contributed by atoms with Crippen LogP contribution >= 0.6 is 54.5 Å². The second-order valence-corrected chi connectivity index (χ2v) is 7.04. The van der Waals surface area contributed by atoms with Crippen LogP contribution in [0, 0.1) is 10.5 Å². The van der Waals surface area contributed by atoms with E-state index in [1.165, 1.54) is 14.7 Å². The lowest BCUT2D eigenvalue weighted by atomic mass is 10.2. The molecule has 4 heteroatoms. The Balaban J connectivity index is 2.13. The van der Waals surface area contributed by atoms with Crippen LogP contribution in [0.25, 0.3) is 0 Å². The maximum atomic E-state index is 3.59. The maximum absolute atomic E-state index is 3.59. The topological polar surface area (TPSA) is 12.0 Å². The van der Waals surface area contributed by atoms with Gasteiger partial charge in [-0.2, -0.15) is 0 Å². The molecule has 2 aromatic rings. The zero-order chi connectivity index (χ0) is 13.1. The summed E-state index contributed by atoms with van der Waals surface area (Å²) in [5.41, 5.74) is 3.60. The van der Waals surface area contributed by atoms with Gasteiger partial charge in [0.2, 0.25) is 0 Å². The zero-order valence-corrected chi connectivity index (χ0v) is 15.1. The SMILES string of the molecule is Cc1cc(Br)c(NCc2ccc(I)cc2)c(Br)c1. The van der Waals surface area contributed by atoms with Crippen molar-refractivity contribution in [2.45, 2.75) is 13.5 Å². The summed E-state index contributed by atoms with van der Waals surface area (Å²) in [6.07, 6.45) is 0. The predicted molar refractivity (Wildman–Crippen MR) is 93.1 cm³/mol. The Kier molecular flexibility index (Phi) is 5.09. The summed E-state index contributed by atoms with van der Waals surface area (Å²) in [6.45, 7) is 2.90. The third-order valence-electron chi connectivity index (χ3n) is 2.57. The average molecular weight is 481 g/mol. The van der Waals surface area contributed by atoms with E-state index in [1.54, 1.807) is 0 Å². The Morgan fingerprint density at radius 2 is 1.61 bits per heavy atom. The standard InChI is InChI=1S/C14H12Br2IN/c1-9-6-12(15)14(13(16)7-9)18-8-10-2-4-11(17)5-3-10/h2-7,18H,8H2,1H3. The number of halogens is 3. The van der Waals surface area contributed by atoms with Gasteiger partial charge in [-0.3, -0.25) is 0 Å². The molecule has 0 amide bonds. The third-order valence-corrected chi connectivity index (χ3v) is 4.54. The number of aryl methyl sites for hydroxylation is 1. The van der Waals surface area contributed by atoms with Gasteiger partial charge in [-0.1, -0.05) is 12.1 Å². The van der Waals surface area contributed by atoms with Crippen molar-refractivity contribution in [1.82, 2.24) is 0 Å². The Hall–Kier alpha value is -0.0700. The Morgan fingerprint density at radius 1 is 1.06 bits per heavy atom. The maximum Gasteiger partial charge on any atom is 0.0631 e. The highest BCUT2D eigenvalue weighted by molar-refractivity contribution is 14.1. The van der Waals surface area contributed by atoms with Crippen LogP contribution in [-0.2, 0) is 6.54 Å². The van der Waals surface area contributed by atoms with Crippen LogP contribution in [0.3, 0.4) is 0 Å². The van der Waals surface area contributed by atoms with E-state index >= 15 is 0 Å². The zero-order valence-electron chi connectivity index (χ0n) is 9.81. The minimum atomic E-state index is 0.817. The highest BCUT2D eigenvalue weighted by Crippen LogP contribution is 2.32. The van der Waals surface area contributed by atoms with Gasteiger partial charge in [-0.05, 0) is 96.8 Å². The van der Waals surface area contributed by atoms with Crippen molar-refractivity contribution in [2.75, 3.05) is 5.32 Å². The summed E-state index contributed by atoms with van der Waals surface area (Å²) >= 11 is 9.49. The van der Waals surface area contributed by atoms with Crippen molar-refractivity contribution in [3.63, 3.8) is 0 Å². The van der Waals surface area contributed by atoms with E-state index in [-0.39, 0.29) is 0 Å². The Labute approximate surface area is 138 Å². The molecule has 2 rings (SSSR count). The van der Waals surface area contributed by atoms with E-state index in [2.05, 4.69) is 103 Å². The van der Waals surface area contributed by atoms with E-state index in [4.69, 9.17) is 0 Å². The summed E-state index contributed by atoms with van der Waals surface area (Å²) in [6, 6.07) is 12.8. The third kappa shape index (κ3) is 3.71. The summed E-state index contributed by atoms with van der Waals surface area (Å²) in [7, 11) is 0.